The first-order valence-electron chi connectivity index (χ1n) is 6.90. The molecule has 104 valence electrons. The molecule has 0 bridgehead atoms. The monoisotopic (exact) mass is 263 g/mol. The van der Waals surface area contributed by atoms with E-state index in [0.717, 1.165) is 31.1 Å². The third-order valence-electron chi connectivity index (χ3n) is 4.08. The van der Waals surface area contributed by atoms with Crippen molar-refractivity contribution in [2.24, 2.45) is 0 Å². The van der Waals surface area contributed by atoms with E-state index in [1.807, 2.05) is 6.92 Å². The van der Waals surface area contributed by atoms with Crippen LogP contribution in [0, 0.1) is 6.92 Å². The number of nitrogen functional groups attached to an aromatic ring is 1. The summed E-state index contributed by atoms with van der Waals surface area (Å²) < 4.78 is 5.90. The second-order valence-electron chi connectivity index (χ2n) is 5.36. The molecule has 1 aromatic rings. The number of morpholine rings is 1. The molecule has 2 unspecified atom stereocenters. The number of hydrogen-bond donors (Lipinski definition) is 2. The fraction of sp³-hybridized carbons (Fsp3) is 0.692. The lowest BCUT2D eigenvalue weighted by Crippen LogP contribution is -2.48. The molecule has 6 heteroatoms. The number of aromatic nitrogens is 2. The molecule has 0 spiro atoms. The van der Waals surface area contributed by atoms with Gasteiger partial charge in [-0.3, -0.25) is 4.90 Å². The summed E-state index contributed by atoms with van der Waals surface area (Å²) in [4.78, 5) is 10.7. The summed E-state index contributed by atoms with van der Waals surface area (Å²) in [6.45, 7) is 5.77. The van der Waals surface area contributed by atoms with Crippen LogP contribution in [0.5, 0.6) is 0 Å². The zero-order valence-corrected chi connectivity index (χ0v) is 11.3. The van der Waals surface area contributed by atoms with E-state index in [-0.39, 0.29) is 6.10 Å². The van der Waals surface area contributed by atoms with Crippen LogP contribution < -0.4 is 11.1 Å². The van der Waals surface area contributed by atoms with Gasteiger partial charge in [-0.15, -0.1) is 0 Å². The third kappa shape index (κ3) is 2.64. The Morgan fingerprint density at radius 3 is 3.32 bits per heavy atom. The normalized spacial score (nSPS) is 27.2. The van der Waals surface area contributed by atoms with Crippen molar-refractivity contribution in [2.45, 2.75) is 31.9 Å². The number of nitrogens with one attached hydrogen (secondary N) is 1. The van der Waals surface area contributed by atoms with Crippen molar-refractivity contribution >= 4 is 11.6 Å². The Hall–Kier alpha value is -1.40. The highest BCUT2D eigenvalue weighted by atomic mass is 16.5. The molecule has 0 aliphatic carbocycles. The Bertz CT molecular complexity index is 453. The van der Waals surface area contributed by atoms with Crippen molar-refractivity contribution in [2.75, 3.05) is 37.3 Å². The number of ether oxygens (including phenoxy) is 1. The van der Waals surface area contributed by atoms with Gasteiger partial charge in [-0.05, 0) is 26.3 Å². The predicted octanol–water partition coefficient (Wildman–Crippen LogP) is 0.642. The lowest BCUT2D eigenvalue weighted by molar-refractivity contribution is -0.0416. The van der Waals surface area contributed by atoms with E-state index in [1.54, 1.807) is 0 Å². The zero-order chi connectivity index (χ0) is 13.2. The first kappa shape index (κ1) is 12.6. The Morgan fingerprint density at radius 2 is 2.42 bits per heavy atom. The average Bonchev–Trinajstić information content (AvgIpc) is 2.88. The van der Waals surface area contributed by atoms with Crippen LogP contribution in [0.4, 0.5) is 11.6 Å². The summed E-state index contributed by atoms with van der Waals surface area (Å²) >= 11 is 0. The second kappa shape index (κ2) is 5.30. The Morgan fingerprint density at radius 1 is 1.53 bits per heavy atom. The van der Waals surface area contributed by atoms with Crippen LogP contribution >= 0.6 is 0 Å². The molecule has 0 radical (unpaired) electrons. The van der Waals surface area contributed by atoms with Gasteiger partial charge in [-0.25, -0.2) is 9.97 Å². The molecule has 3 heterocycles. The fourth-order valence-corrected chi connectivity index (χ4v) is 2.86. The van der Waals surface area contributed by atoms with E-state index in [0.29, 0.717) is 11.9 Å². The SMILES string of the molecule is Cc1c(N)ncnc1NCC1CN2CCCC2CO1. The van der Waals surface area contributed by atoms with Crippen LogP contribution in [-0.4, -0.2) is 53.3 Å². The van der Waals surface area contributed by atoms with E-state index in [2.05, 4.69) is 20.2 Å². The molecular weight excluding hydrogens is 242 g/mol. The molecule has 0 saturated carbocycles. The van der Waals surface area contributed by atoms with Crippen molar-refractivity contribution in [3.05, 3.63) is 11.9 Å². The molecule has 2 fully saturated rings. The van der Waals surface area contributed by atoms with Crippen molar-refractivity contribution in [3.8, 4) is 0 Å². The van der Waals surface area contributed by atoms with Crippen LogP contribution in [0.2, 0.25) is 0 Å². The second-order valence-corrected chi connectivity index (χ2v) is 5.36. The van der Waals surface area contributed by atoms with Gasteiger partial charge >= 0.3 is 0 Å². The summed E-state index contributed by atoms with van der Waals surface area (Å²) in [6.07, 6.45) is 4.30. The summed E-state index contributed by atoms with van der Waals surface area (Å²) in [5.74, 6) is 1.33. The maximum atomic E-state index is 5.90. The molecule has 2 aliphatic rings. The van der Waals surface area contributed by atoms with Gasteiger partial charge < -0.3 is 15.8 Å². The van der Waals surface area contributed by atoms with Gasteiger partial charge in [0.25, 0.3) is 0 Å². The first-order chi connectivity index (χ1) is 9.24. The summed E-state index contributed by atoms with van der Waals surface area (Å²) in [5, 5.41) is 3.32. The summed E-state index contributed by atoms with van der Waals surface area (Å²) in [6, 6.07) is 0.646. The molecule has 2 atom stereocenters. The summed E-state index contributed by atoms with van der Waals surface area (Å²) in [7, 11) is 0. The minimum absolute atomic E-state index is 0.227. The number of fused-ring (bicyclic) bond motifs is 1. The molecule has 19 heavy (non-hydrogen) atoms. The number of anilines is 2. The van der Waals surface area contributed by atoms with Gasteiger partial charge in [0.15, 0.2) is 0 Å². The van der Waals surface area contributed by atoms with Gasteiger partial charge in [0, 0.05) is 24.7 Å². The van der Waals surface area contributed by atoms with Crippen LogP contribution in [0.25, 0.3) is 0 Å². The largest absolute Gasteiger partial charge is 0.383 e. The number of nitrogens with two attached hydrogens (primary N) is 1. The van der Waals surface area contributed by atoms with Crippen LogP contribution in [0.15, 0.2) is 6.33 Å². The van der Waals surface area contributed by atoms with Crippen LogP contribution in [0.3, 0.4) is 0 Å². The standard InChI is InChI=1S/C13H21N5O/c1-9-12(14)16-8-17-13(9)15-5-11-6-18-4-2-3-10(18)7-19-11/h8,10-11H,2-7H2,1H3,(H3,14,15,16,17). The van der Waals surface area contributed by atoms with Gasteiger partial charge in [-0.1, -0.05) is 0 Å². The Labute approximate surface area is 113 Å². The molecule has 6 nitrogen and oxygen atoms in total. The predicted molar refractivity (Wildman–Crippen MR) is 74.0 cm³/mol. The molecule has 3 N–H and O–H groups in total. The summed E-state index contributed by atoms with van der Waals surface area (Å²) in [5.41, 5.74) is 6.67. The van der Waals surface area contributed by atoms with Crippen molar-refractivity contribution in [3.63, 3.8) is 0 Å². The topological polar surface area (TPSA) is 76.3 Å². The zero-order valence-electron chi connectivity index (χ0n) is 11.3. The van der Waals surface area contributed by atoms with Crippen LogP contribution in [-0.2, 0) is 4.74 Å². The molecule has 3 rings (SSSR count). The molecular formula is C13H21N5O. The first-order valence-corrected chi connectivity index (χ1v) is 6.90. The number of rotatable bonds is 3. The smallest absolute Gasteiger partial charge is 0.134 e. The van der Waals surface area contributed by atoms with Gasteiger partial charge in [-0.2, -0.15) is 0 Å². The highest BCUT2D eigenvalue weighted by Gasteiger charge is 2.32. The fourth-order valence-electron chi connectivity index (χ4n) is 2.86. The van der Waals surface area contributed by atoms with Crippen molar-refractivity contribution in [1.29, 1.82) is 0 Å². The van der Waals surface area contributed by atoms with Crippen molar-refractivity contribution in [1.82, 2.24) is 14.9 Å². The van der Waals surface area contributed by atoms with Gasteiger partial charge in [0.1, 0.15) is 18.0 Å². The number of hydrogen-bond acceptors (Lipinski definition) is 6. The Balaban J connectivity index is 1.56. The molecule has 0 aromatic carbocycles. The van der Waals surface area contributed by atoms with E-state index in [9.17, 15) is 0 Å². The molecule has 2 aliphatic heterocycles. The highest BCUT2D eigenvalue weighted by Crippen LogP contribution is 2.23. The minimum atomic E-state index is 0.227. The lowest BCUT2D eigenvalue weighted by atomic mass is 10.2. The molecule has 1 aromatic heterocycles. The molecule has 2 saturated heterocycles. The van der Waals surface area contributed by atoms with Gasteiger partial charge in [0.05, 0.1) is 12.7 Å². The maximum Gasteiger partial charge on any atom is 0.134 e. The van der Waals surface area contributed by atoms with E-state index >= 15 is 0 Å². The average molecular weight is 263 g/mol. The Kier molecular flexibility index (Phi) is 3.52. The quantitative estimate of drug-likeness (QED) is 0.833. The van der Waals surface area contributed by atoms with Crippen molar-refractivity contribution < 1.29 is 4.74 Å². The van der Waals surface area contributed by atoms with E-state index in [1.165, 1.54) is 25.7 Å². The third-order valence-corrected chi connectivity index (χ3v) is 4.08. The highest BCUT2D eigenvalue weighted by molar-refractivity contribution is 5.53. The van der Waals surface area contributed by atoms with E-state index < -0.39 is 0 Å². The van der Waals surface area contributed by atoms with E-state index in [4.69, 9.17) is 10.5 Å². The lowest BCUT2D eigenvalue weighted by Gasteiger charge is -2.35. The van der Waals surface area contributed by atoms with Gasteiger partial charge in [0.2, 0.25) is 0 Å². The number of nitrogens with zero attached hydrogens (tertiary/aromatic N) is 3. The minimum Gasteiger partial charge on any atom is -0.383 e. The maximum absolute atomic E-state index is 5.90. The van der Waals surface area contributed by atoms with Crippen LogP contribution in [0.1, 0.15) is 18.4 Å². The molecule has 0 amide bonds.